The fourth-order valence-electron chi connectivity index (χ4n) is 0.116. The zero-order chi connectivity index (χ0) is 24.7. The number of aliphatic hydroxyl groups is 4. The van der Waals surface area contributed by atoms with Gasteiger partial charge in [0, 0.05) is 56.9 Å². The summed E-state index contributed by atoms with van der Waals surface area (Å²) >= 11 is 0. The number of hydrogen-bond donors (Lipinski definition) is 4. The maximum Gasteiger partial charge on any atom is 0.373 e. The molecule has 35 heavy (non-hydrogen) atoms. The van der Waals surface area contributed by atoms with Gasteiger partial charge in [0.05, 0.1) is 0 Å². The number of aliphatic hydroxyl groups excluding tert-OH is 4. The monoisotopic (exact) mass is 544 g/mol. The van der Waals surface area contributed by atoms with Crippen molar-refractivity contribution in [1.29, 1.82) is 0 Å². The van der Waals surface area contributed by atoms with Gasteiger partial charge in [-0.05, 0) is 0 Å². The largest absolute Gasteiger partial charge is 0.412 e. The van der Waals surface area contributed by atoms with Crippen molar-refractivity contribution in [3.05, 3.63) is 0 Å². The van der Waals surface area contributed by atoms with Crippen LogP contribution in [0.25, 0.3) is 0 Å². The second kappa shape index (κ2) is 397. The summed E-state index contributed by atoms with van der Waals surface area (Å²) in [5, 5.41) is 28.0. The standard InChI is InChI=1S/C4H2O4.2C2H6O.C2H6.CO2.4CH4O.4CH4.4H2O/c5-1-3(7)4(8)2-6;2*1-3-2;1-2;2-1-3;4*1-2;;;;;;;;/h1-2H;2*1-2H3;1-2H3;;4*2H,1H3;4*1H4;4*1H2. The lowest BCUT2D eigenvalue weighted by molar-refractivity contribution is -0.191. The number of ether oxygens (including phenoxy) is 2. The zero-order valence-electron chi connectivity index (χ0n) is 19.7. The fraction of sp³-hybridized carbons (Fsp3) is 0.737. The Labute approximate surface area is 212 Å². The summed E-state index contributed by atoms with van der Waals surface area (Å²) in [5.74, 6) is -2.61. The SMILES string of the molecule is C.C.C.C.CC.CO.CO.CO.CO.COC.COC.O.O.O.O.O=C=O.O=CC(=O)C(=O)C=O. The van der Waals surface area contributed by atoms with Crippen LogP contribution < -0.4 is 0 Å². The average molecular weight is 545 g/mol. The van der Waals surface area contributed by atoms with Crippen molar-refractivity contribution in [1.82, 2.24) is 0 Å². The Balaban J connectivity index is -0.00000000718. The van der Waals surface area contributed by atoms with Crippen LogP contribution in [0.15, 0.2) is 0 Å². The quantitative estimate of drug-likeness (QED) is 0.158. The Morgan fingerprint density at radius 2 is 0.600 bits per heavy atom. The average Bonchev–Trinajstić information content (AvgIpc) is 2.76. The van der Waals surface area contributed by atoms with E-state index in [-0.39, 0.29) is 70.3 Å². The molecule has 232 valence electrons. The number of rotatable bonds is 3. The molecule has 0 rings (SSSR count). The molecule has 0 aromatic heterocycles. The molecule has 0 aliphatic carbocycles. The molecule has 0 spiro atoms. The van der Waals surface area contributed by atoms with Gasteiger partial charge in [0.25, 0.3) is 11.6 Å². The molecule has 0 saturated carbocycles. The number of aldehydes is 2. The van der Waals surface area contributed by atoms with Gasteiger partial charge in [-0.25, -0.2) is 0 Å². The number of hydrogen-bond acceptors (Lipinski definition) is 12. The molecular formula is C19H60O16. The van der Waals surface area contributed by atoms with Crippen molar-refractivity contribution < 1.29 is 80.6 Å². The molecule has 0 atom stereocenters. The number of carbonyl (C=O) groups is 4. The van der Waals surface area contributed by atoms with Crippen LogP contribution in [0.3, 0.4) is 0 Å². The maximum absolute atomic E-state index is 9.79. The van der Waals surface area contributed by atoms with E-state index >= 15 is 0 Å². The first-order chi connectivity index (χ1) is 13.0. The zero-order valence-corrected chi connectivity index (χ0v) is 19.7. The van der Waals surface area contributed by atoms with Gasteiger partial charge in [0.2, 0.25) is 0 Å². The van der Waals surface area contributed by atoms with Crippen LogP contribution >= 0.6 is 0 Å². The van der Waals surface area contributed by atoms with E-state index in [1.807, 2.05) is 13.8 Å². The van der Waals surface area contributed by atoms with Crippen molar-refractivity contribution in [2.24, 2.45) is 0 Å². The normalized spacial score (nSPS) is 3.83. The Morgan fingerprint density at radius 3 is 0.629 bits per heavy atom. The Kier molecular flexibility index (Phi) is 1510. The molecular weight excluding hydrogens is 484 g/mol. The molecule has 0 bridgehead atoms. The molecule has 0 unspecified atom stereocenters. The van der Waals surface area contributed by atoms with Gasteiger partial charge in [-0.1, -0.05) is 43.6 Å². The lowest BCUT2D eigenvalue weighted by Gasteiger charge is -1.72. The van der Waals surface area contributed by atoms with Crippen molar-refractivity contribution in [2.45, 2.75) is 43.6 Å². The van der Waals surface area contributed by atoms with Gasteiger partial charge in [0.1, 0.15) is 0 Å². The van der Waals surface area contributed by atoms with E-state index in [0.29, 0.717) is 0 Å². The second-order valence-corrected chi connectivity index (χ2v) is 1.86. The highest BCUT2D eigenvalue weighted by atomic mass is 16.5. The number of Topliss-reactive ketones (excluding diaryl/α,β-unsaturated/α-hetero) is 2. The number of ketones is 2. The summed E-state index contributed by atoms with van der Waals surface area (Å²) in [6, 6.07) is 0. The van der Waals surface area contributed by atoms with Gasteiger partial charge in [-0.15, -0.1) is 0 Å². The van der Waals surface area contributed by atoms with Crippen LogP contribution in [-0.2, 0) is 38.2 Å². The first-order valence-corrected chi connectivity index (χ1v) is 6.54. The Morgan fingerprint density at radius 1 is 0.543 bits per heavy atom. The molecule has 0 aliphatic rings. The summed E-state index contributed by atoms with van der Waals surface area (Å²) in [6.45, 7) is 4.00. The van der Waals surface area contributed by atoms with Crippen molar-refractivity contribution in [2.75, 3.05) is 56.9 Å². The third-order valence-electron chi connectivity index (χ3n) is 0.457. The van der Waals surface area contributed by atoms with Crippen LogP contribution in [0.1, 0.15) is 43.6 Å². The van der Waals surface area contributed by atoms with Gasteiger partial charge in [0.15, 0.2) is 12.6 Å². The van der Waals surface area contributed by atoms with Crippen molar-refractivity contribution in [3.8, 4) is 0 Å². The smallest absolute Gasteiger partial charge is 0.373 e. The molecule has 0 fully saturated rings. The highest BCUT2D eigenvalue weighted by molar-refractivity contribution is 6.70. The molecule has 0 aliphatic heterocycles. The molecule has 0 aromatic rings. The summed E-state index contributed by atoms with van der Waals surface area (Å²) in [5.41, 5.74) is 0. The van der Waals surface area contributed by atoms with Crippen LogP contribution in [-0.4, -0.2) is 129 Å². The van der Waals surface area contributed by atoms with E-state index in [0.717, 1.165) is 28.4 Å². The van der Waals surface area contributed by atoms with Gasteiger partial charge < -0.3 is 51.8 Å². The molecule has 0 radical (unpaired) electrons. The van der Waals surface area contributed by atoms with E-state index in [1.54, 1.807) is 28.4 Å². The Hall–Kier alpha value is -2.34. The maximum atomic E-state index is 9.79. The third-order valence-corrected chi connectivity index (χ3v) is 0.457. The molecule has 0 aromatic carbocycles. The predicted octanol–water partition coefficient (Wildman–Crippen LogP) is -2.83. The fourth-order valence-corrected chi connectivity index (χ4v) is 0.116. The minimum absolute atomic E-state index is 0. The van der Waals surface area contributed by atoms with E-state index < -0.39 is 11.6 Å². The third kappa shape index (κ3) is 869. The van der Waals surface area contributed by atoms with Crippen LogP contribution in [0, 0.1) is 0 Å². The Bertz CT molecular complexity index is 237. The van der Waals surface area contributed by atoms with E-state index in [2.05, 4.69) is 9.47 Å². The van der Waals surface area contributed by atoms with Crippen LogP contribution in [0.5, 0.6) is 0 Å². The van der Waals surface area contributed by atoms with E-state index in [4.69, 9.17) is 30.0 Å². The molecule has 16 heteroatoms. The minimum Gasteiger partial charge on any atom is -0.412 e. The van der Waals surface area contributed by atoms with Gasteiger partial charge >= 0.3 is 6.15 Å². The summed E-state index contributed by atoms with van der Waals surface area (Å²) in [7, 11) is 10.5. The number of carbonyl (C=O) groups excluding carboxylic acids is 6. The second-order valence-electron chi connectivity index (χ2n) is 1.86. The molecule has 0 saturated heterocycles. The first kappa shape index (κ1) is 133. The molecule has 0 amide bonds. The van der Waals surface area contributed by atoms with Gasteiger partial charge in [-0.2, -0.15) is 9.59 Å². The minimum atomic E-state index is -1.31. The lowest BCUT2D eigenvalue weighted by Crippen LogP contribution is -2.15. The van der Waals surface area contributed by atoms with E-state index in [1.165, 1.54) is 0 Å². The van der Waals surface area contributed by atoms with Crippen LogP contribution in [0.2, 0.25) is 0 Å². The van der Waals surface area contributed by atoms with E-state index in [9.17, 15) is 19.2 Å². The van der Waals surface area contributed by atoms with Gasteiger partial charge in [-0.3, -0.25) is 19.2 Å². The highest BCUT2D eigenvalue weighted by Crippen LogP contribution is 1.63. The number of methoxy groups -OCH3 is 2. The summed E-state index contributed by atoms with van der Waals surface area (Å²) < 4.78 is 8.50. The predicted molar refractivity (Wildman–Crippen MR) is 138 cm³/mol. The highest BCUT2D eigenvalue weighted by Gasteiger charge is 2.08. The molecule has 0 heterocycles. The van der Waals surface area contributed by atoms with Crippen LogP contribution in [0.4, 0.5) is 0 Å². The van der Waals surface area contributed by atoms with Crippen molar-refractivity contribution >= 4 is 30.3 Å². The molecule has 12 N–H and O–H groups in total. The summed E-state index contributed by atoms with van der Waals surface area (Å²) in [4.78, 5) is 54.6. The first-order valence-electron chi connectivity index (χ1n) is 6.54. The topological polar surface area (TPSA) is 328 Å². The lowest BCUT2D eigenvalue weighted by atomic mass is 10.3. The van der Waals surface area contributed by atoms with Crippen molar-refractivity contribution in [3.63, 3.8) is 0 Å². The summed E-state index contributed by atoms with van der Waals surface area (Å²) in [6.07, 6.45) is -0.145. The molecule has 16 nitrogen and oxygen atoms in total.